The van der Waals surface area contributed by atoms with Crippen LogP contribution in [0.25, 0.3) is 0 Å². The molecule has 0 saturated carbocycles. The van der Waals surface area contributed by atoms with Crippen LogP contribution >= 0.6 is 0 Å². The molecule has 7 heteroatoms. The van der Waals surface area contributed by atoms with E-state index in [9.17, 15) is 14.4 Å². The lowest BCUT2D eigenvalue weighted by Gasteiger charge is -2.11. The van der Waals surface area contributed by atoms with Crippen LogP contribution in [0.15, 0.2) is 0 Å². The zero-order chi connectivity index (χ0) is 10.6. The zero-order valence-electron chi connectivity index (χ0n) is 7.61. The minimum atomic E-state index is -0.803. The number of imide groups is 1. The van der Waals surface area contributed by atoms with Crippen LogP contribution in [0.3, 0.4) is 0 Å². The van der Waals surface area contributed by atoms with Gasteiger partial charge in [-0.3, -0.25) is 14.4 Å². The van der Waals surface area contributed by atoms with E-state index in [0.29, 0.717) is 5.06 Å². The van der Waals surface area contributed by atoms with Gasteiger partial charge in [-0.05, 0) is 0 Å². The molecule has 0 spiro atoms. The number of hydrogen-bond donors (Lipinski definition) is 1. The molecule has 0 unspecified atom stereocenters. The Morgan fingerprint density at radius 1 is 1.43 bits per heavy atom. The quantitative estimate of drug-likeness (QED) is 0.452. The van der Waals surface area contributed by atoms with Gasteiger partial charge in [-0.1, -0.05) is 0 Å². The molecule has 0 aromatic rings. The SMILES string of the molecule is CNOCC(=O)ON1C(=O)CCC1=O. The maximum Gasteiger partial charge on any atom is 0.360 e. The maximum absolute atomic E-state index is 11.0. The summed E-state index contributed by atoms with van der Waals surface area (Å²) in [4.78, 5) is 41.8. The van der Waals surface area contributed by atoms with E-state index in [1.807, 2.05) is 0 Å². The first-order valence-electron chi connectivity index (χ1n) is 4.00. The Labute approximate surface area is 79.9 Å². The van der Waals surface area contributed by atoms with Crippen molar-refractivity contribution >= 4 is 17.8 Å². The summed E-state index contributed by atoms with van der Waals surface area (Å²) in [5, 5.41) is 0.474. The Bertz CT molecular complexity index is 249. The second-order valence-electron chi connectivity index (χ2n) is 2.54. The fourth-order valence-electron chi connectivity index (χ4n) is 0.917. The van der Waals surface area contributed by atoms with Crippen LogP contribution in [0, 0.1) is 0 Å². The van der Waals surface area contributed by atoms with Gasteiger partial charge in [-0.2, -0.15) is 0 Å². The number of amides is 2. The molecule has 1 N–H and O–H groups in total. The van der Waals surface area contributed by atoms with E-state index in [1.54, 1.807) is 0 Å². The third-order valence-corrected chi connectivity index (χ3v) is 1.53. The molecular formula is C7H10N2O5. The number of carbonyl (C=O) groups is 3. The van der Waals surface area contributed by atoms with E-state index in [2.05, 4.69) is 15.2 Å². The van der Waals surface area contributed by atoms with Gasteiger partial charge in [0.25, 0.3) is 11.8 Å². The van der Waals surface area contributed by atoms with E-state index in [0.717, 1.165) is 0 Å². The predicted molar refractivity (Wildman–Crippen MR) is 42.2 cm³/mol. The molecule has 1 aliphatic rings. The molecule has 2 amide bonds. The molecule has 14 heavy (non-hydrogen) atoms. The fourth-order valence-corrected chi connectivity index (χ4v) is 0.917. The van der Waals surface area contributed by atoms with E-state index in [1.165, 1.54) is 7.05 Å². The van der Waals surface area contributed by atoms with Crippen LogP contribution in [-0.4, -0.2) is 36.5 Å². The largest absolute Gasteiger partial charge is 0.360 e. The van der Waals surface area contributed by atoms with Gasteiger partial charge < -0.3 is 4.84 Å². The van der Waals surface area contributed by atoms with Crippen LogP contribution in [0.2, 0.25) is 0 Å². The maximum atomic E-state index is 11.0. The van der Waals surface area contributed by atoms with E-state index in [4.69, 9.17) is 0 Å². The number of hydrogen-bond acceptors (Lipinski definition) is 6. The summed E-state index contributed by atoms with van der Waals surface area (Å²) in [5.41, 5.74) is 2.26. The van der Waals surface area contributed by atoms with Crippen molar-refractivity contribution in [2.45, 2.75) is 12.8 Å². The van der Waals surface area contributed by atoms with Crippen molar-refractivity contribution in [3.63, 3.8) is 0 Å². The molecule has 0 bridgehead atoms. The number of nitrogens with zero attached hydrogens (tertiary/aromatic N) is 1. The van der Waals surface area contributed by atoms with Crippen molar-refractivity contribution in [1.29, 1.82) is 0 Å². The van der Waals surface area contributed by atoms with Crippen molar-refractivity contribution in [2.24, 2.45) is 0 Å². The van der Waals surface area contributed by atoms with Crippen LogP contribution in [0.4, 0.5) is 0 Å². The van der Waals surface area contributed by atoms with Crippen LogP contribution in [0.5, 0.6) is 0 Å². The second-order valence-corrected chi connectivity index (χ2v) is 2.54. The summed E-state index contributed by atoms with van der Waals surface area (Å²) in [5.74, 6) is -1.82. The molecule has 0 aromatic heterocycles. The molecule has 0 atom stereocenters. The van der Waals surface area contributed by atoms with E-state index in [-0.39, 0.29) is 19.4 Å². The van der Waals surface area contributed by atoms with Crippen molar-refractivity contribution in [3.05, 3.63) is 0 Å². The molecule has 78 valence electrons. The van der Waals surface area contributed by atoms with Gasteiger partial charge in [0.05, 0.1) is 0 Å². The monoisotopic (exact) mass is 202 g/mol. The first-order valence-corrected chi connectivity index (χ1v) is 4.00. The normalized spacial score (nSPS) is 16.2. The molecule has 1 rings (SSSR count). The Hall–Kier alpha value is -1.47. The van der Waals surface area contributed by atoms with Gasteiger partial charge in [0.15, 0.2) is 6.61 Å². The van der Waals surface area contributed by atoms with Crippen molar-refractivity contribution in [3.8, 4) is 0 Å². The highest BCUT2D eigenvalue weighted by Crippen LogP contribution is 2.11. The molecule has 1 saturated heterocycles. The number of hydroxylamine groups is 3. The Morgan fingerprint density at radius 2 is 2.00 bits per heavy atom. The molecule has 1 aliphatic heterocycles. The smallest absolute Gasteiger partial charge is 0.328 e. The molecule has 7 nitrogen and oxygen atoms in total. The molecule has 0 aromatic carbocycles. The van der Waals surface area contributed by atoms with Gasteiger partial charge in [-0.15, -0.1) is 5.06 Å². The average Bonchev–Trinajstić information content (AvgIpc) is 2.46. The Morgan fingerprint density at radius 3 is 2.50 bits per heavy atom. The standard InChI is InChI=1S/C7H10N2O5/c1-8-13-4-7(12)14-9-5(10)2-3-6(9)11/h8H,2-4H2,1H3. The second kappa shape index (κ2) is 4.68. The van der Waals surface area contributed by atoms with Crippen LogP contribution in [0.1, 0.15) is 12.8 Å². The average molecular weight is 202 g/mol. The highest BCUT2D eigenvalue weighted by molar-refractivity contribution is 6.01. The molecule has 0 aliphatic carbocycles. The highest BCUT2D eigenvalue weighted by atomic mass is 16.7. The van der Waals surface area contributed by atoms with Gasteiger partial charge in [0.1, 0.15) is 0 Å². The third-order valence-electron chi connectivity index (χ3n) is 1.53. The third kappa shape index (κ3) is 2.51. The van der Waals surface area contributed by atoms with E-state index < -0.39 is 17.8 Å². The number of rotatable bonds is 4. The van der Waals surface area contributed by atoms with Crippen molar-refractivity contribution < 1.29 is 24.1 Å². The molecule has 1 heterocycles. The summed E-state index contributed by atoms with van der Waals surface area (Å²) in [6.45, 7) is -0.368. The summed E-state index contributed by atoms with van der Waals surface area (Å²) in [6.07, 6.45) is 0.165. The molecule has 0 radical (unpaired) electrons. The van der Waals surface area contributed by atoms with Crippen LogP contribution in [-0.2, 0) is 24.1 Å². The molecular weight excluding hydrogens is 192 g/mol. The minimum absolute atomic E-state index is 0.0823. The zero-order valence-corrected chi connectivity index (χ0v) is 7.61. The minimum Gasteiger partial charge on any atom is -0.328 e. The lowest BCUT2D eigenvalue weighted by Crippen LogP contribution is -2.34. The van der Waals surface area contributed by atoms with E-state index >= 15 is 0 Å². The van der Waals surface area contributed by atoms with Gasteiger partial charge >= 0.3 is 5.97 Å². The van der Waals surface area contributed by atoms with Crippen molar-refractivity contribution in [1.82, 2.24) is 10.5 Å². The Kier molecular flexibility index (Phi) is 3.55. The summed E-state index contributed by atoms with van der Waals surface area (Å²) >= 11 is 0. The predicted octanol–water partition coefficient (Wildman–Crippen LogP) is -1.26. The first-order chi connectivity index (χ1) is 6.65. The lowest BCUT2D eigenvalue weighted by atomic mass is 10.4. The molecule has 1 fully saturated rings. The Balaban J connectivity index is 2.39. The summed E-state index contributed by atoms with van der Waals surface area (Å²) in [7, 11) is 1.47. The highest BCUT2D eigenvalue weighted by Gasteiger charge is 2.32. The topological polar surface area (TPSA) is 84.9 Å². The number of nitrogens with one attached hydrogen (secondary N) is 1. The van der Waals surface area contributed by atoms with Gasteiger partial charge in [0.2, 0.25) is 0 Å². The summed E-state index contributed by atoms with van der Waals surface area (Å²) in [6, 6.07) is 0. The van der Waals surface area contributed by atoms with Gasteiger partial charge in [-0.25, -0.2) is 10.3 Å². The first kappa shape index (κ1) is 10.6. The van der Waals surface area contributed by atoms with Crippen molar-refractivity contribution in [2.75, 3.05) is 13.7 Å². The lowest BCUT2D eigenvalue weighted by molar-refractivity contribution is -0.201. The fraction of sp³-hybridized carbons (Fsp3) is 0.571. The van der Waals surface area contributed by atoms with Gasteiger partial charge in [0, 0.05) is 19.9 Å². The summed E-state index contributed by atoms with van der Waals surface area (Å²) < 4.78 is 0. The van der Waals surface area contributed by atoms with Crippen LogP contribution < -0.4 is 5.48 Å². The number of carbonyl (C=O) groups excluding carboxylic acids is 3.